The van der Waals surface area contributed by atoms with E-state index in [4.69, 9.17) is 15.2 Å². The first-order chi connectivity index (χ1) is 8.32. The van der Waals surface area contributed by atoms with Crippen molar-refractivity contribution in [3.63, 3.8) is 0 Å². The Labute approximate surface area is 103 Å². The van der Waals surface area contributed by atoms with Gasteiger partial charge in [0.25, 0.3) is 0 Å². The quantitative estimate of drug-likeness (QED) is 0.866. The van der Waals surface area contributed by atoms with Crippen molar-refractivity contribution in [2.75, 3.05) is 26.9 Å². The molecule has 0 aliphatic carbocycles. The standard InChI is InChI=1S/C14H21NO2/c1-16-11-14(6-8-17-9-7-14)13-5-3-2-4-12(13)10-15/h2-5H,6-11,15H2,1H3. The number of hydrogen-bond donors (Lipinski definition) is 1. The molecular formula is C14H21NO2. The van der Waals surface area contributed by atoms with Crippen LogP contribution >= 0.6 is 0 Å². The van der Waals surface area contributed by atoms with Crippen LogP contribution in [-0.2, 0) is 21.4 Å². The van der Waals surface area contributed by atoms with E-state index in [1.54, 1.807) is 7.11 Å². The molecule has 1 aliphatic rings. The molecule has 1 aromatic carbocycles. The van der Waals surface area contributed by atoms with E-state index in [1.807, 2.05) is 6.07 Å². The smallest absolute Gasteiger partial charge is 0.0560 e. The maximum absolute atomic E-state index is 5.84. The van der Waals surface area contributed by atoms with Crippen LogP contribution in [0.2, 0.25) is 0 Å². The van der Waals surface area contributed by atoms with E-state index < -0.39 is 0 Å². The fourth-order valence-electron chi connectivity index (χ4n) is 2.75. The third kappa shape index (κ3) is 2.51. The lowest BCUT2D eigenvalue weighted by atomic mass is 9.73. The van der Waals surface area contributed by atoms with Gasteiger partial charge in [-0.2, -0.15) is 0 Å². The molecule has 3 heteroatoms. The SMILES string of the molecule is COCC1(c2ccccc2CN)CCOCC1. The van der Waals surface area contributed by atoms with Gasteiger partial charge in [-0.05, 0) is 24.0 Å². The molecule has 1 aromatic rings. The minimum atomic E-state index is 0.0863. The van der Waals surface area contributed by atoms with Crippen molar-refractivity contribution in [1.29, 1.82) is 0 Å². The lowest BCUT2D eigenvalue weighted by Gasteiger charge is -2.38. The van der Waals surface area contributed by atoms with Gasteiger partial charge in [-0.15, -0.1) is 0 Å². The van der Waals surface area contributed by atoms with Crippen molar-refractivity contribution in [2.45, 2.75) is 24.8 Å². The Morgan fingerprint density at radius 3 is 2.65 bits per heavy atom. The average molecular weight is 235 g/mol. The summed E-state index contributed by atoms with van der Waals surface area (Å²) in [5.41, 5.74) is 8.50. The van der Waals surface area contributed by atoms with Gasteiger partial charge >= 0.3 is 0 Å². The zero-order valence-electron chi connectivity index (χ0n) is 10.4. The maximum Gasteiger partial charge on any atom is 0.0560 e. The van der Waals surface area contributed by atoms with Crippen LogP contribution < -0.4 is 5.73 Å². The normalized spacial score (nSPS) is 19.2. The summed E-state index contributed by atoms with van der Waals surface area (Å²) >= 11 is 0. The molecular weight excluding hydrogens is 214 g/mol. The first kappa shape index (κ1) is 12.6. The Morgan fingerprint density at radius 2 is 2.00 bits per heavy atom. The maximum atomic E-state index is 5.84. The number of ether oxygens (including phenoxy) is 2. The second kappa shape index (κ2) is 5.63. The molecule has 1 fully saturated rings. The van der Waals surface area contributed by atoms with Crippen molar-refractivity contribution in [3.8, 4) is 0 Å². The van der Waals surface area contributed by atoms with Crippen LogP contribution in [0.25, 0.3) is 0 Å². The van der Waals surface area contributed by atoms with Gasteiger partial charge in [-0.1, -0.05) is 24.3 Å². The fraction of sp³-hybridized carbons (Fsp3) is 0.571. The predicted molar refractivity (Wildman–Crippen MR) is 67.9 cm³/mol. The third-order valence-corrected chi connectivity index (χ3v) is 3.68. The highest BCUT2D eigenvalue weighted by molar-refractivity contribution is 5.35. The fourth-order valence-corrected chi connectivity index (χ4v) is 2.75. The van der Waals surface area contributed by atoms with Crippen molar-refractivity contribution in [3.05, 3.63) is 35.4 Å². The van der Waals surface area contributed by atoms with E-state index in [2.05, 4.69) is 18.2 Å². The van der Waals surface area contributed by atoms with Crippen molar-refractivity contribution in [1.82, 2.24) is 0 Å². The van der Waals surface area contributed by atoms with Crippen LogP contribution in [0.1, 0.15) is 24.0 Å². The monoisotopic (exact) mass is 235 g/mol. The van der Waals surface area contributed by atoms with E-state index in [9.17, 15) is 0 Å². The van der Waals surface area contributed by atoms with Crippen molar-refractivity contribution in [2.24, 2.45) is 5.73 Å². The molecule has 0 aromatic heterocycles. The Balaban J connectivity index is 2.37. The molecule has 17 heavy (non-hydrogen) atoms. The summed E-state index contributed by atoms with van der Waals surface area (Å²) in [5.74, 6) is 0. The van der Waals surface area contributed by atoms with Gasteiger partial charge in [0, 0.05) is 32.3 Å². The zero-order chi connectivity index (χ0) is 12.1. The van der Waals surface area contributed by atoms with Gasteiger partial charge in [-0.3, -0.25) is 0 Å². The van der Waals surface area contributed by atoms with Gasteiger partial charge in [0.15, 0.2) is 0 Å². The molecule has 0 radical (unpaired) electrons. The number of benzene rings is 1. The highest BCUT2D eigenvalue weighted by atomic mass is 16.5. The number of rotatable bonds is 4. The molecule has 3 nitrogen and oxygen atoms in total. The topological polar surface area (TPSA) is 44.5 Å². The summed E-state index contributed by atoms with van der Waals surface area (Å²) in [5, 5.41) is 0. The summed E-state index contributed by atoms with van der Waals surface area (Å²) in [4.78, 5) is 0. The first-order valence-corrected chi connectivity index (χ1v) is 6.17. The van der Waals surface area contributed by atoms with Crippen LogP contribution in [0, 0.1) is 0 Å². The highest BCUT2D eigenvalue weighted by Crippen LogP contribution is 2.36. The molecule has 1 aliphatic heterocycles. The molecule has 0 saturated carbocycles. The van der Waals surface area contributed by atoms with Crippen LogP contribution in [0.15, 0.2) is 24.3 Å². The second-order valence-electron chi connectivity index (χ2n) is 4.69. The Bertz CT molecular complexity index is 353. The molecule has 1 saturated heterocycles. The van der Waals surface area contributed by atoms with Crippen molar-refractivity contribution >= 4 is 0 Å². The summed E-state index contributed by atoms with van der Waals surface area (Å²) in [6.45, 7) is 2.94. The summed E-state index contributed by atoms with van der Waals surface area (Å²) < 4.78 is 10.9. The Hall–Kier alpha value is -0.900. The van der Waals surface area contributed by atoms with Gasteiger partial charge in [0.1, 0.15) is 0 Å². The molecule has 0 atom stereocenters. The van der Waals surface area contributed by atoms with Gasteiger partial charge in [-0.25, -0.2) is 0 Å². The van der Waals surface area contributed by atoms with Crippen molar-refractivity contribution < 1.29 is 9.47 Å². The molecule has 2 N–H and O–H groups in total. The predicted octanol–water partition coefficient (Wildman–Crippen LogP) is 1.84. The highest BCUT2D eigenvalue weighted by Gasteiger charge is 2.35. The Kier molecular flexibility index (Phi) is 4.15. The molecule has 1 heterocycles. The lowest BCUT2D eigenvalue weighted by molar-refractivity contribution is 0.0133. The average Bonchev–Trinajstić information content (AvgIpc) is 2.40. The van der Waals surface area contributed by atoms with Crippen LogP contribution in [-0.4, -0.2) is 26.9 Å². The Morgan fingerprint density at radius 1 is 1.29 bits per heavy atom. The molecule has 0 unspecified atom stereocenters. The lowest BCUT2D eigenvalue weighted by Crippen LogP contribution is -2.39. The minimum absolute atomic E-state index is 0.0863. The summed E-state index contributed by atoms with van der Waals surface area (Å²) in [7, 11) is 1.77. The largest absolute Gasteiger partial charge is 0.384 e. The van der Waals surface area contributed by atoms with E-state index in [1.165, 1.54) is 11.1 Å². The molecule has 94 valence electrons. The second-order valence-corrected chi connectivity index (χ2v) is 4.69. The van der Waals surface area contributed by atoms with Gasteiger partial charge < -0.3 is 15.2 Å². The van der Waals surface area contributed by atoms with E-state index in [0.717, 1.165) is 32.7 Å². The summed E-state index contributed by atoms with van der Waals surface area (Å²) in [6, 6.07) is 8.43. The van der Waals surface area contributed by atoms with E-state index in [0.29, 0.717) is 6.54 Å². The minimum Gasteiger partial charge on any atom is -0.384 e. The van der Waals surface area contributed by atoms with E-state index >= 15 is 0 Å². The van der Waals surface area contributed by atoms with Gasteiger partial charge in [0.2, 0.25) is 0 Å². The first-order valence-electron chi connectivity index (χ1n) is 6.17. The third-order valence-electron chi connectivity index (χ3n) is 3.68. The molecule has 0 bridgehead atoms. The van der Waals surface area contributed by atoms with Crippen LogP contribution in [0.4, 0.5) is 0 Å². The van der Waals surface area contributed by atoms with Gasteiger partial charge in [0.05, 0.1) is 6.61 Å². The molecule has 0 amide bonds. The van der Waals surface area contributed by atoms with E-state index in [-0.39, 0.29) is 5.41 Å². The van der Waals surface area contributed by atoms with Crippen LogP contribution in [0.3, 0.4) is 0 Å². The molecule has 0 spiro atoms. The number of methoxy groups -OCH3 is 1. The molecule has 2 rings (SSSR count). The number of nitrogens with two attached hydrogens (primary N) is 1. The number of hydrogen-bond acceptors (Lipinski definition) is 3. The van der Waals surface area contributed by atoms with Crippen LogP contribution in [0.5, 0.6) is 0 Å². The summed E-state index contributed by atoms with van der Waals surface area (Å²) in [6.07, 6.45) is 2.02. The zero-order valence-corrected chi connectivity index (χ0v) is 10.4.